The number of carbonyl (C=O) groups is 8. The molecule has 0 amide bonds. The minimum Gasteiger partial charge on any atom is -0.480 e. The molecule has 0 saturated heterocycles. The highest BCUT2D eigenvalue weighted by Crippen LogP contribution is 2.60. The number of hydrogen-bond acceptors (Lipinski definition) is 26. The molecule has 0 radical (unpaired) electrons. The number of nitrogens with zero attached hydrogens (tertiary/aromatic N) is 2. The monoisotopic (exact) mass is 2130 g/mol. The van der Waals surface area contributed by atoms with Crippen LogP contribution in [0.15, 0.2) is 224 Å². The third-order valence-electron chi connectivity index (χ3n) is 21.3. The molecule has 0 unspecified atom stereocenters. The third-order valence-corrected chi connectivity index (χ3v) is 29.6. The molecule has 2 aromatic heterocycles. The number of aliphatic carboxylic acids is 8. The summed E-state index contributed by atoms with van der Waals surface area (Å²) in [5.74, 6) is -7.75. The minimum atomic E-state index is -1.21. The van der Waals surface area contributed by atoms with Crippen molar-refractivity contribution >= 4 is 142 Å². The quantitative estimate of drug-likeness (QED) is 0.0263. The van der Waals surface area contributed by atoms with E-state index in [1.54, 1.807) is 24.8 Å². The van der Waals surface area contributed by atoms with Gasteiger partial charge in [0.15, 0.2) is 52.9 Å². The number of rotatable bonds is 25. The van der Waals surface area contributed by atoms with Gasteiger partial charge in [-0.25, -0.2) is 38.4 Å². The van der Waals surface area contributed by atoms with Gasteiger partial charge in [0.05, 0.1) is 78.3 Å². The van der Waals surface area contributed by atoms with Crippen LogP contribution in [0.1, 0.15) is 211 Å². The maximum Gasteiger partial charge on any atom is 0.341 e. The Morgan fingerprint density at radius 1 is 0.194 bits per heavy atom. The Bertz CT molecular complexity index is 5090. The lowest BCUT2D eigenvalue weighted by atomic mass is 9.87. The molecule has 38 heteroatoms. The molecule has 16 bridgehead atoms. The molecule has 0 fully saturated rings. The first-order valence-corrected chi connectivity index (χ1v) is 51.0. The highest BCUT2D eigenvalue weighted by molar-refractivity contribution is 8.02. The van der Waals surface area contributed by atoms with Crippen LogP contribution in [0.3, 0.4) is 0 Å². The van der Waals surface area contributed by atoms with E-state index in [1.807, 2.05) is 287 Å². The molecule has 4 heterocycles. The van der Waals surface area contributed by atoms with Crippen LogP contribution in [-0.4, -0.2) is 173 Å². The van der Waals surface area contributed by atoms with Crippen molar-refractivity contribution in [2.75, 3.05) is 52.9 Å². The number of carboxylic acids is 8. The van der Waals surface area contributed by atoms with Crippen LogP contribution in [0.4, 0.5) is 0 Å². The van der Waals surface area contributed by atoms with Gasteiger partial charge in [-0.3, -0.25) is 9.97 Å². The molecule has 0 aliphatic carbocycles. The van der Waals surface area contributed by atoms with Crippen molar-refractivity contribution < 1.29 is 139 Å². The summed E-state index contributed by atoms with van der Waals surface area (Å²) in [5.41, 5.74) is 5.79. The van der Waals surface area contributed by atoms with Crippen molar-refractivity contribution in [1.82, 2.24) is 9.97 Å². The summed E-state index contributed by atoms with van der Waals surface area (Å²) in [6.45, 7) is 43.7. The van der Waals surface area contributed by atoms with Crippen LogP contribution < -0.4 is 37.9 Å². The van der Waals surface area contributed by atoms with Gasteiger partial charge >= 0.3 is 47.8 Å². The first-order valence-electron chi connectivity index (χ1n) is 44.5. The molecule has 16 N–H and O–H groups in total. The van der Waals surface area contributed by atoms with Crippen molar-refractivity contribution in [1.29, 1.82) is 0 Å². The van der Waals surface area contributed by atoms with Crippen molar-refractivity contribution in [3.8, 4) is 57.1 Å². The van der Waals surface area contributed by atoms with Gasteiger partial charge in [0, 0.05) is 24.8 Å². The van der Waals surface area contributed by atoms with E-state index in [4.69, 9.17) is 37.9 Å². The lowest BCUT2D eigenvalue weighted by Gasteiger charge is -2.28. The Balaban J connectivity index is 0.000000383. The predicted octanol–water partition coefficient (Wildman–Crippen LogP) is 22.1. The van der Waals surface area contributed by atoms with Gasteiger partial charge in [-0.1, -0.05) is 260 Å². The minimum absolute atomic E-state index is 0. The summed E-state index contributed by atoms with van der Waals surface area (Å²) in [5, 5.41) is 79.7. The largest absolute Gasteiger partial charge is 0.480 e. The SMILES string of the molecule is CC(C)(C)c1cc2c(OCC(=O)O)c(c1)Sc1cc(C(C)(C)C)cc(c1OCC(=O)O)Sc1cc(C(C)(C)C)cc(c1OCC(=O)O)Sc1cc(C(C)(C)C)cc(c1OCC(=O)O)S2.CC(C)(C)c1cc2c(OCC(=O)O)c(c1)Sc1cc(C(C)(C)C)cc(c1OCC(=O)O)Sc1cc(C(C)(C)C)cc(c1OCC(=O)O)Sc1cc(C(C)(C)C)cc(c1OCC(=O)O)S2.O.O.O.O.c1cc(-c2ccncc2)ccn1. The number of carboxylic acid groups (broad SMARTS) is 8. The highest BCUT2D eigenvalue weighted by Gasteiger charge is 2.36. The number of ether oxygens (including phenoxy) is 8. The molecule has 778 valence electrons. The lowest BCUT2D eigenvalue weighted by molar-refractivity contribution is -0.140. The molecule has 0 saturated carbocycles. The Hall–Kier alpha value is -11.1. The summed E-state index contributed by atoms with van der Waals surface area (Å²) in [7, 11) is 0. The number of fused-ring (bicyclic) bond motifs is 16. The fraction of sp³-hybridized carbons (Fsp3) is 0.377. The van der Waals surface area contributed by atoms with Crippen LogP contribution in [0.5, 0.6) is 46.0 Å². The second kappa shape index (κ2) is 49.8. The summed E-state index contributed by atoms with van der Waals surface area (Å²) in [4.78, 5) is 114. The van der Waals surface area contributed by atoms with E-state index in [0.29, 0.717) is 78.3 Å². The number of hydrogen-bond donors (Lipinski definition) is 8. The van der Waals surface area contributed by atoms with E-state index >= 15 is 0 Å². The topological polar surface area (TPSA) is 524 Å². The molecular weight excluding hydrogens is 2010 g/mol. The van der Waals surface area contributed by atoms with Gasteiger partial charge in [0.2, 0.25) is 0 Å². The van der Waals surface area contributed by atoms with Gasteiger partial charge in [0.25, 0.3) is 0 Å². The first kappa shape index (κ1) is 122. The predicted molar refractivity (Wildman–Crippen MR) is 561 cm³/mol. The molecule has 2 aliphatic heterocycles. The van der Waals surface area contributed by atoms with Crippen molar-refractivity contribution in [2.24, 2.45) is 0 Å². The van der Waals surface area contributed by atoms with E-state index in [-0.39, 0.29) is 67.9 Å². The van der Waals surface area contributed by atoms with Crippen molar-refractivity contribution in [3.05, 3.63) is 191 Å². The molecule has 0 spiro atoms. The second-order valence-corrected chi connectivity index (χ2v) is 49.8. The molecule has 0 atom stereocenters. The van der Waals surface area contributed by atoms with E-state index in [0.717, 1.165) is 44.5 Å². The zero-order chi connectivity index (χ0) is 104. The molecule has 12 rings (SSSR count). The van der Waals surface area contributed by atoms with Gasteiger partial charge in [-0.2, -0.15) is 0 Å². The smallest absolute Gasteiger partial charge is 0.341 e. The standard InChI is InChI=1S/2C48H56O12S4.C10H8N2.4H2O/c2*1-45(2,3)25-13-29-41(57-21-37(49)50)30(14-25)62-32-16-27(47(7,8)9)18-34(43(32)59-23-39(53)54)64-36-20-28(48(10,11)12)19-35(44(36)60-24-40(55)56)63-33-17-26(46(4,5)6)15-31(61-29)42(33)58-22-38(51)52;1-5-11-6-2-9(1)10-3-7-12-8-4-10;;;;/h2*13-20H,21-24H2,1-12H3,(H,49,50)(H,51,52)(H,53,54)(H,55,56);1-8H;4*1H2. The Kier molecular flexibility index (Phi) is 42.1. The summed E-state index contributed by atoms with van der Waals surface area (Å²) in [6.07, 6.45) is 7.15. The summed E-state index contributed by atoms with van der Waals surface area (Å²) < 4.78 is 49.7. The molecule has 10 aromatic rings. The van der Waals surface area contributed by atoms with Gasteiger partial charge in [-0.05, 0) is 220 Å². The zero-order valence-corrected chi connectivity index (χ0v) is 91.3. The number of aromatic nitrogens is 2. The summed E-state index contributed by atoms with van der Waals surface area (Å²) >= 11 is 9.89. The zero-order valence-electron chi connectivity index (χ0n) is 84.8. The highest BCUT2D eigenvalue weighted by atomic mass is 32.2. The fourth-order valence-corrected chi connectivity index (χ4v) is 23.1. The first-order chi connectivity index (χ1) is 65.0. The molecule has 8 aromatic carbocycles. The maximum atomic E-state index is 12.2. The van der Waals surface area contributed by atoms with Crippen LogP contribution >= 0.6 is 94.1 Å². The Morgan fingerprint density at radius 3 is 0.361 bits per heavy atom. The number of pyridine rings is 2. The van der Waals surface area contributed by atoms with E-state index < -0.39 is 144 Å². The van der Waals surface area contributed by atoms with E-state index in [2.05, 4.69) is 9.97 Å². The van der Waals surface area contributed by atoms with Crippen molar-refractivity contribution in [2.45, 2.75) is 288 Å². The maximum absolute atomic E-state index is 12.2. The average molecular weight is 2130 g/mol. The third kappa shape index (κ3) is 33.4. The summed E-state index contributed by atoms with van der Waals surface area (Å²) in [6, 6.07) is 38.8. The fourth-order valence-electron chi connectivity index (χ4n) is 13.5. The lowest BCUT2D eigenvalue weighted by Crippen LogP contribution is -2.16. The van der Waals surface area contributed by atoms with Crippen LogP contribution in [0.25, 0.3) is 11.1 Å². The van der Waals surface area contributed by atoms with Crippen LogP contribution in [0.2, 0.25) is 0 Å². The van der Waals surface area contributed by atoms with Gasteiger partial charge in [0.1, 0.15) is 46.0 Å². The van der Waals surface area contributed by atoms with Gasteiger partial charge < -0.3 is 101 Å². The Morgan fingerprint density at radius 2 is 0.285 bits per heavy atom. The van der Waals surface area contributed by atoms with E-state index in [9.17, 15) is 79.2 Å². The van der Waals surface area contributed by atoms with Crippen molar-refractivity contribution in [3.63, 3.8) is 0 Å². The second-order valence-electron chi connectivity index (χ2n) is 41.2. The molecule has 2 aliphatic rings. The molecule has 30 nitrogen and oxygen atoms in total. The Labute approximate surface area is 872 Å². The molecule has 144 heavy (non-hydrogen) atoms. The van der Waals surface area contributed by atoms with E-state index in [1.165, 1.54) is 105 Å². The number of benzene rings is 8. The average Bonchev–Trinajstić information content (AvgIpc) is 0.762. The molecular formula is C106H128N2O28S8. The van der Waals surface area contributed by atoms with Crippen LogP contribution in [-0.2, 0) is 81.7 Å². The normalized spacial score (nSPS) is 12.5. The van der Waals surface area contributed by atoms with Gasteiger partial charge in [-0.15, -0.1) is 0 Å². The van der Waals surface area contributed by atoms with Crippen LogP contribution in [0, 0.1) is 0 Å².